The van der Waals surface area contributed by atoms with Crippen molar-refractivity contribution in [1.29, 1.82) is 0 Å². The Balaban J connectivity index is 2.06. The summed E-state index contributed by atoms with van der Waals surface area (Å²) in [7, 11) is 0. The normalized spacial score (nSPS) is 34.8. The fourth-order valence-electron chi connectivity index (χ4n) is 3.89. The summed E-state index contributed by atoms with van der Waals surface area (Å²) in [6, 6.07) is 1.48. The molecular formula is C15H30N2. The Bertz CT molecular complexity index is 231. The van der Waals surface area contributed by atoms with Gasteiger partial charge in [0.15, 0.2) is 0 Å². The van der Waals surface area contributed by atoms with Crippen molar-refractivity contribution in [3.63, 3.8) is 0 Å². The molecule has 1 aliphatic carbocycles. The van der Waals surface area contributed by atoms with E-state index in [9.17, 15) is 0 Å². The molecule has 1 saturated heterocycles. The van der Waals surface area contributed by atoms with E-state index in [-0.39, 0.29) is 0 Å². The van der Waals surface area contributed by atoms with Gasteiger partial charge in [0.2, 0.25) is 0 Å². The highest BCUT2D eigenvalue weighted by Crippen LogP contribution is 2.38. The molecule has 2 aliphatic rings. The number of nitrogens with zero attached hydrogens (tertiary/aromatic N) is 1. The summed E-state index contributed by atoms with van der Waals surface area (Å²) in [4.78, 5) is 2.78. The van der Waals surface area contributed by atoms with Gasteiger partial charge in [-0.2, -0.15) is 0 Å². The number of likely N-dealkylation sites (tertiary alicyclic amines) is 1. The Morgan fingerprint density at radius 3 is 2.47 bits per heavy atom. The molecule has 0 radical (unpaired) electrons. The van der Waals surface area contributed by atoms with Gasteiger partial charge in [-0.05, 0) is 50.7 Å². The van der Waals surface area contributed by atoms with Gasteiger partial charge in [-0.15, -0.1) is 0 Å². The average Bonchev–Trinajstić information content (AvgIpc) is 2.33. The molecule has 0 amide bonds. The highest BCUT2D eigenvalue weighted by molar-refractivity contribution is 4.98. The Kier molecular flexibility index (Phi) is 4.48. The largest absolute Gasteiger partial charge is 0.312 e. The molecule has 0 spiro atoms. The summed E-state index contributed by atoms with van der Waals surface area (Å²) in [5.74, 6) is 0. The summed E-state index contributed by atoms with van der Waals surface area (Å²) < 4.78 is 0. The smallest absolute Gasteiger partial charge is 0.0274 e. The highest BCUT2D eigenvalue weighted by Gasteiger charge is 2.40. The van der Waals surface area contributed by atoms with Crippen LogP contribution in [-0.2, 0) is 0 Å². The molecule has 0 bridgehead atoms. The first-order valence-corrected chi connectivity index (χ1v) is 7.62. The third-order valence-electron chi connectivity index (χ3n) is 4.83. The number of nitrogens with one attached hydrogen (secondary N) is 1. The molecule has 2 fully saturated rings. The number of hydrogen-bond donors (Lipinski definition) is 1. The minimum Gasteiger partial charge on any atom is -0.312 e. The van der Waals surface area contributed by atoms with Gasteiger partial charge in [-0.3, -0.25) is 4.90 Å². The van der Waals surface area contributed by atoms with Crippen molar-refractivity contribution in [1.82, 2.24) is 10.2 Å². The molecule has 1 aliphatic heterocycles. The molecule has 100 valence electrons. The molecule has 2 heteroatoms. The van der Waals surface area contributed by atoms with Crippen molar-refractivity contribution in [2.24, 2.45) is 5.41 Å². The molecular weight excluding hydrogens is 208 g/mol. The van der Waals surface area contributed by atoms with Crippen LogP contribution in [0.1, 0.15) is 59.3 Å². The molecule has 1 saturated carbocycles. The van der Waals surface area contributed by atoms with Crippen LogP contribution in [0.15, 0.2) is 0 Å². The van der Waals surface area contributed by atoms with Crippen LogP contribution in [0.25, 0.3) is 0 Å². The Labute approximate surface area is 107 Å². The van der Waals surface area contributed by atoms with Crippen molar-refractivity contribution in [3.05, 3.63) is 0 Å². The van der Waals surface area contributed by atoms with Gasteiger partial charge in [-0.25, -0.2) is 0 Å². The molecule has 0 aromatic heterocycles. The summed E-state index contributed by atoms with van der Waals surface area (Å²) in [6.07, 6.45) is 8.47. The second-order valence-corrected chi connectivity index (χ2v) is 6.58. The zero-order valence-corrected chi connectivity index (χ0v) is 12.0. The second-order valence-electron chi connectivity index (χ2n) is 6.58. The van der Waals surface area contributed by atoms with Gasteiger partial charge in [0.25, 0.3) is 0 Å². The maximum atomic E-state index is 3.78. The fraction of sp³-hybridized carbons (Fsp3) is 1.00. The molecule has 0 aromatic carbocycles. The van der Waals surface area contributed by atoms with E-state index < -0.39 is 0 Å². The van der Waals surface area contributed by atoms with Crippen LogP contribution in [0.3, 0.4) is 0 Å². The van der Waals surface area contributed by atoms with Crippen molar-refractivity contribution in [3.8, 4) is 0 Å². The third-order valence-corrected chi connectivity index (χ3v) is 4.83. The first-order valence-electron chi connectivity index (χ1n) is 7.62. The van der Waals surface area contributed by atoms with E-state index in [0.29, 0.717) is 11.5 Å². The van der Waals surface area contributed by atoms with Crippen LogP contribution in [0.2, 0.25) is 0 Å². The first-order chi connectivity index (χ1) is 8.15. The van der Waals surface area contributed by atoms with E-state index in [2.05, 4.69) is 31.0 Å². The van der Waals surface area contributed by atoms with Gasteiger partial charge in [-0.1, -0.05) is 33.6 Å². The Hall–Kier alpha value is -0.0800. The number of rotatable bonds is 3. The summed E-state index contributed by atoms with van der Waals surface area (Å²) in [5, 5.41) is 3.78. The standard InChI is InChI=1S/C15H30N2/c1-4-16-14-13(9-8-10-15(14,2)3)17-11-6-5-7-12-17/h13-14,16H,4-12H2,1-3H3. The van der Waals surface area contributed by atoms with Gasteiger partial charge in [0.1, 0.15) is 0 Å². The lowest BCUT2D eigenvalue weighted by Crippen LogP contribution is -2.59. The lowest BCUT2D eigenvalue weighted by molar-refractivity contribution is 0.0385. The van der Waals surface area contributed by atoms with Gasteiger partial charge >= 0.3 is 0 Å². The SMILES string of the molecule is CCNC1C(N2CCCCC2)CCCC1(C)C. The van der Waals surface area contributed by atoms with Crippen molar-refractivity contribution < 1.29 is 0 Å². The van der Waals surface area contributed by atoms with Crippen molar-refractivity contribution >= 4 is 0 Å². The lowest BCUT2D eigenvalue weighted by atomic mass is 9.70. The maximum Gasteiger partial charge on any atom is 0.0274 e. The van der Waals surface area contributed by atoms with E-state index in [1.807, 2.05) is 0 Å². The predicted octanol–water partition coefficient (Wildman–Crippen LogP) is 3.03. The highest BCUT2D eigenvalue weighted by atomic mass is 15.2. The number of likely N-dealkylation sites (N-methyl/N-ethyl adjacent to an activating group) is 1. The van der Waals surface area contributed by atoms with E-state index in [1.54, 1.807) is 0 Å². The van der Waals surface area contributed by atoms with Crippen LogP contribution in [0, 0.1) is 5.41 Å². The van der Waals surface area contributed by atoms with Gasteiger partial charge in [0.05, 0.1) is 0 Å². The predicted molar refractivity (Wildman–Crippen MR) is 74.3 cm³/mol. The van der Waals surface area contributed by atoms with Crippen molar-refractivity contribution in [2.75, 3.05) is 19.6 Å². The van der Waals surface area contributed by atoms with Crippen LogP contribution < -0.4 is 5.32 Å². The second kappa shape index (κ2) is 5.71. The lowest BCUT2D eigenvalue weighted by Gasteiger charge is -2.49. The van der Waals surface area contributed by atoms with Gasteiger partial charge in [0, 0.05) is 12.1 Å². The molecule has 2 unspecified atom stereocenters. The fourth-order valence-corrected chi connectivity index (χ4v) is 3.89. The zero-order chi connectivity index (χ0) is 12.3. The van der Waals surface area contributed by atoms with E-state index in [1.165, 1.54) is 51.6 Å². The summed E-state index contributed by atoms with van der Waals surface area (Å²) in [5.41, 5.74) is 0.469. The summed E-state index contributed by atoms with van der Waals surface area (Å²) >= 11 is 0. The summed E-state index contributed by atoms with van der Waals surface area (Å²) in [6.45, 7) is 10.9. The van der Waals surface area contributed by atoms with E-state index >= 15 is 0 Å². The first kappa shape index (κ1) is 13.4. The Morgan fingerprint density at radius 2 is 1.82 bits per heavy atom. The number of piperidine rings is 1. The third kappa shape index (κ3) is 3.03. The molecule has 2 rings (SSSR count). The molecule has 2 nitrogen and oxygen atoms in total. The number of hydrogen-bond acceptors (Lipinski definition) is 2. The van der Waals surface area contributed by atoms with Crippen molar-refractivity contribution in [2.45, 2.75) is 71.4 Å². The van der Waals surface area contributed by atoms with E-state index in [0.717, 1.165) is 12.6 Å². The molecule has 1 heterocycles. The minimum atomic E-state index is 0.469. The average molecular weight is 238 g/mol. The quantitative estimate of drug-likeness (QED) is 0.813. The van der Waals surface area contributed by atoms with Crippen LogP contribution in [0.4, 0.5) is 0 Å². The zero-order valence-electron chi connectivity index (χ0n) is 12.0. The Morgan fingerprint density at radius 1 is 1.12 bits per heavy atom. The molecule has 2 atom stereocenters. The van der Waals surface area contributed by atoms with Crippen LogP contribution >= 0.6 is 0 Å². The van der Waals surface area contributed by atoms with Gasteiger partial charge < -0.3 is 5.32 Å². The van der Waals surface area contributed by atoms with Crippen LogP contribution in [-0.4, -0.2) is 36.6 Å². The monoisotopic (exact) mass is 238 g/mol. The van der Waals surface area contributed by atoms with E-state index in [4.69, 9.17) is 0 Å². The minimum absolute atomic E-state index is 0.469. The maximum absolute atomic E-state index is 3.78. The van der Waals surface area contributed by atoms with Crippen LogP contribution in [0.5, 0.6) is 0 Å². The molecule has 0 aromatic rings. The molecule has 1 N–H and O–H groups in total. The molecule has 17 heavy (non-hydrogen) atoms. The topological polar surface area (TPSA) is 15.3 Å².